The highest BCUT2D eigenvalue weighted by Crippen LogP contribution is 2.34. The fraction of sp³-hybridized carbons (Fsp3) is 0.526. The van der Waals surface area contributed by atoms with Crippen molar-refractivity contribution in [2.75, 3.05) is 20.3 Å². The van der Waals surface area contributed by atoms with E-state index >= 15 is 0 Å². The van der Waals surface area contributed by atoms with E-state index in [0.29, 0.717) is 49.1 Å². The van der Waals surface area contributed by atoms with Crippen molar-refractivity contribution in [2.45, 2.75) is 31.8 Å². The molecule has 2 N–H and O–H groups in total. The molecule has 1 aromatic rings. The van der Waals surface area contributed by atoms with Gasteiger partial charge in [-0.15, -0.1) is 0 Å². The van der Waals surface area contributed by atoms with Crippen molar-refractivity contribution in [3.05, 3.63) is 34.9 Å². The zero-order chi connectivity index (χ0) is 19.4. The summed E-state index contributed by atoms with van der Waals surface area (Å²) in [6.45, 7) is 1.34. The molecule has 0 aromatic heterocycles. The number of halogens is 1. The monoisotopic (exact) mass is 409 g/mol. The second-order valence-electron chi connectivity index (χ2n) is 6.97. The molecule has 1 saturated carbocycles. The molecule has 3 rings (SSSR count). The Kier molecular flexibility index (Phi) is 6.68. The van der Waals surface area contributed by atoms with E-state index in [-0.39, 0.29) is 29.7 Å². The molecule has 2 fully saturated rings. The number of ether oxygens (including phenoxy) is 1. The number of carbonyl (C=O) groups excluding carboxylic acids is 2. The molecule has 146 valence electrons. The van der Waals surface area contributed by atoms with Crippen LogP contribution in [0.2, 0.25) is 5.02 Å². The van der Waals surface area contributed by atoms with Gasteiger partial charge in [0.1, 0.15) is 0 Å². The topological polar surface area (TPSA) is 70.7 Å². The first kappa shape index (κ1) is 20.0. The molecule has 0 bridgehead atoms. The van der Waals surface area contributed by atoms with Crippen LogP contribution in [0.1, 0.15) is 24.8 Å². The third-order valence-electron chi connectivity index (χ3n) is 5.25. The first-order valence-corrected chi connectivity index (χ1v) is 9.91. The number of carbonyl (C=O) groups is 2. The summed E-state index contributed by atoms with van der Waals surface area (Å²) in [6.07, 6.45) is 1.97. The zero-order valence-corrected chi connectivity index (χ0v) is 16.8. The lowest BCUT2D eigenvalue weighted by Crippen LogP contribution is -2.61. The van der Waals surface area contributed by atoms with Gasteiger partial charge in [-0.25, -0.2) is 0 Å². The third-order valence-corrected chi connectivity index (χ3v) is 5.96. The van der Waals surface area contributed by atoms with E-state index in [1.54, 1.807) is 18.1 Å². The van der Waals surface area contributed by atoms with Crippen LogP contribution >= 0.6 is 23.8 Å². The van der Waals surface area contributed by atoms with Crippen LogP contribution < -0.4 is 10.6 Å². The summed E-state index contributed by atoms with van der Waals surface area (Å²) >= 11 is 11.7. The average molecular weight is 410 g/mol. The molecule has 1 aliphatic carbocycles. The van der Waals surface area contributed by atoms with Gasteiger partial charge < -0.3 is 15.4 Å². The Balaban J connectivity index is 1.63. The van der Waals surface area contributed by atoms with Crippen molar-refractivity contribution in [1.29, 1.82) is 0 Å². The lowest BCUT2D eigenvalue weighted by Gasteiger charge is -2.43. The van der Waals surface area contributed by atoms with Gasteiger partial charge in [-0.1, -0.05) is 29.8 Å². The van der Waals surface area contributed by atoms with Gasteiger partial charge in [0.05, 0.1) is 19.1 Å². The molecule has 1 aromatic carbocycles. The summed E-state index contributed by atoms with van der Waals surface area (Å²) in [6, 6.07) is 7.35. The number of rotatable bonds is 6. The second-order valence-corrected chi connectivity index (χ2v) is 7.77. The zero-order valence-electron chi connectivity index (χ0n) is 15.2. The number of hydrogen-bond donors (Lipinski definition) is 2. The fourth-order valence-corrected chi connectivity index (χ4v) is 4.27. The predicted molar refractivity (Wildman–Crippen MR) is 107 cm³/mol. The van der Waals surface area contributed by atoms with Crippen molar-refractivity contribution in [3.63, 3.8) is 0 Å². The van der Waals surface area contributed by atoms with Crippen LogP contribution in [0, 0.1) is 11.8 Å². The Hall–Kier alpha value is -1.70. The number of thiocarbonyl (C=S) groups is 1. The molecule has 0 radical (unpaired) electrons. The van der Waals surface area contributed by atoms with Crippen molar-refractivity contribution in [3.8, 4) is 0 Å². The Morgan fingerprint density at radius 3 is 2.93 bits per heavy atom. The van der Waals surface area contributed by atoms with Crippen molar-refractivity contribution >= 4 is 40.7 Å². The summed E-state index contributed by atoms with van der Waals surface area (Å²) in [4.78, 5) is 26.9. The molecule has 2 amide bonds. The molecule has 0 spiro atoms. The van der Waals surface area contributed by atoms with E-state index in [9.17, 15) is 9.59 Å². The lowest BCUT2D eigenvalue weighted by molar-refractivity contribution is -0.138. The van der Waals surface area contributed by atoms with Crippen LogP contribution in [-0.4, -0.2) is 48.1 Å². The van der Waals surface area contributed by atoms with Crippen LogP contribution in [-0.2, 0) is 20.9 Å². The Morgan fingerprint density at radius 1 is 1.41 bits per heavy atom. The van der Waals surface area contributed by atoms with Gasteiger partial charge in [-0.05, 0) is 43.1 Å². The minimum absolute atomic E-state index is 0.0157. The number of nitrogens with zero attached hydrogens (tertiary/aromatic N) is 1. The largest absolute Gasteiger partial charge is 0.383 e. The Bertz CT molecular complexity index is 730. The average Bonchev–Trinajstić information content (AvgIpc) is 2.66. The Morgan fingerprint density at radius 2 is 2.19 bits per heavy atom. The van der Waals surface area contributed by atoms with Gasteiger partial charge in [0.25, 0.3) is 0 Å². The summed E-state index contributed by atoms with van der Waals surface area (Å²) in [7, 11) is 1.60. The number of amides is 2. The van der Waals surface area contributed by atoms with Gasteiger partial charge in [0.15, 0.2) is 5.11 Å². The summed E-state index contributed by atoms with van der Waals surface area (Å²) in [5, 5.41) is 7.19. The molecule has 1 saturated heterocycles. The quantitative estimate of drug-likeness (QED) is 0.556. The van der Waals surface area contributed by atoms with Crippen LogP contribution in [0.15, 0.2) is 24.3 Å². The molecule has 1 aliphatic heterocycles. The van der Waals surface area contributed by atoms with Gasteiger partial charge in [0, 0.05) is 30.6 Å². The van der Waals surface area contributed by atoms with E-state index in [1.165, 1.54) is 0 Å². The molecule has 27 heavy (non-hydrogen) atoms. The van der Waals surface area contributed by atoms with Crippen molar-refractivity contribution < 1.29 is 14.3 Å². The van der Waals surface area contributed by atoms with E-state index in [1.807, 2.05) is 18.2 Å². The van der Waals surface area contributed by atoms with Crippen LogP contribution in [0.4, 0.5) is 0 Å². The highest BCUT2D eigenvalue weighted by Gasteiger charge is 2.44. The molecular weight excluding hydrogens is 386 g/mol. The first-order valence-electron chi connectivity index (χ1n) is 9.13. The van der Waals surface area contributed by atoms with E-state index in [0.717, 1.165) is 5.56 Å². The number of nitrogens with one attached hydrogen (secondary N) is 2. The normalized spacial score (nSPS) is 25.0. The molecule has 6 nitrogen and oxygen atoms in total. The number of fused-ring (bicyclic) bond motifs is 1. The second kappa shape index (κ2) is 8.99. The van der Waals surface area contributed by atoms with Crippen LogP contribution in [0.5, 0.6) is 0 Å². The third kappa shape index (κ3) is 4.59. The standard InChI is InChI=1S/C19H24ClN3O3S/c1-26-9-8-21-17(24)12-6-7-14-16(10-12)22-19(27)23(18(14)25)11-13-4-2-3-5-15(13)20/h2-5,12,14,16H,6-11H2,1H3,(H,21,24)(H,22,27). The summed E-state index contributed by atoms with van der Waals surface area (Å²) in [5.74, 6) is -0.241. The SMILES string of the molecule is COCCNC(=O)C1CCC2C(=O)N(Cc3ccccc3Cl)C(=S)NC2C1. The molecule has 8 heteroatoms. The van der Waals surface area contributed by atoms with E-state index < -0.39 is 0 Å². The van der Waals surface area contributed by atoms with Crippen molar-refractivity contribution in [2.24, 2.45) is 11.8 Å². The van der Waals surface area contributed by atoms with Gasteiger partial charge in [-0.3, -0.25) is 14.5 Å². The maximum absolute atomic E-state index is 13.0. The first-order chi connectivity index (χ1) is 13.0. The van der Waals surface area contributed by atoms with Gasteiger partial charge in [-0.2, -0.15) is 0 Å². The lowest BCUT2D eigenvalue weighted by atomic mass is 9.76. The van der Waals surface area contributed by atoms with E-state index in [4.69, 9.17) is 28.6 Å². The number of hydrogen-bond acceptors (Lipinski definition) is 4. The maximum atomic E-state index is 13.0. The minimum atomic E-state index is -0.165. The molecule has 2 aliphatic rings. The highest BCUT2D eigenvalue weighted by atomic mass is 35.5. The van der Waals surface area contributed by atoms with Crippen LogP contribution in [0.25, 0.3) is 0 Å². The minimum Gasteiger partial charge on any atom is -0.383 e. The fourth-order valence-electron chi connectivity index (χ4n) is 3.77. The maximum Gasteiger partial charge on any atom is 0.234 e. The Labute approximate surface area is 169 Å². The van der Waals surface area contributed by atoms with Gasteiger partial charge >= 0.3 is 0 Å². The number of benzene rings is 1. The van der Waals surface area contributed by atoms with Gasteiger partial charge in [0.2, 0.25) is 11.8 Å². The predicted octanol–water partition coefficient (Wildman–Crippen LogP) is 2.10. The van der Waals surface area contributed by atoms with Crippen molar-refractivity contribution in [1.82, 2.24) is 15.5 Å². The molecule has 1 heterocycles. The molecule has 3 unspecified atom stereocenters. The van der Waals surface area contributed by atoms with Crippen LogP contribution in [0.3, 0.4) is 0 Å². The molecular formula is C19H24ClN3O3S. The smallest absolute Gasteiger partial charge is 0.234 e. The molecule has 3 atom stereocenters. The van der Waals surface area contributed by atoms with E-state index in [2.05, 4.69) is 10.6 Å². The number of methoxy groups -OCH3 is 1. The summed E-state index contributed by atoms with van der Waals surface area (Å²) < 4.78 is 4.96. The summed E-state index contributed by atoms with van der Waals surface area (Å²) in [5.41, 5.74) is 0.862. The highest BCUT2D eigenvalue weighted by molar-refractivity contribution is 7.80.